The fourth-order valence-electron chi connectivity index (χ4n) is 2.66. The average Bonchev–Trinajstić information content (AvgIpc) is 2.64. The highest BCUT2D eigenvalue weighted by Crippen LogP contribution is 2.25. The normalized spacial score (nSPS) is 11.0. The summed E-state index contributed by atoms with van der Waals surface area (Å²) in [6.45, 7) is 3.37. The Morgan fingerprint density at radius 3 is 2.57 bits per heavy atom. The van der Waals surface area contributed by atoms with Crippen LogP contribution in [0.3, 0.4) is 0 Å². The number of esters is 1. The highest BCUT2D eigenvalue weighted by atomic mass is 32.2. The summed E-state index contributed by atoms with van der Waals surface area (Å²) in [5, 5.41) is -0.193. The van der Waals surface area contributed by atoms with E-state index in [1.807, 2.05) is 0 Å². The molecule has 1 aromatic carbocycles. The topological polar surface area (TPSA) is 61.2 Å². The van der Waals surface area contributed by atoms with Gasteiger partial charge in [0.15, 0.2) is 5.82 Å². The lowest BCUT2D eigenvalue weighted by Gasteiger charge is -2.14. The maximum atomic E-state index is 14.4. The number of hydrogen-bond donors (Lipinski definition) is 0. The molecule has 2 aromatic heterocycles. The van der Waals surface area contributed by atoms with Crippen LogP contribution in [0.1, 0.15) is 24.2 Å². The van der Waals surface area contributed by atoms with Gasteiger partial charge in [-0.1, -0.05) is 6.92 Å². The van der Waals surface area contributed by atoms with Gasteiger partial charge in [0.25, 0.3) is 0 Å². The zero-order valence-corrected chi connectivity index (χ0v) is 15.8. The minimum atomic E-state index is -0.935. The van der Waals surface area contributed by atoms with Crippen LogP contribution in [0.15, 0.2) is 40.3 Å². The molecule has 0 aliphatic rings. The molecular formula is C19H15F3N2O3S. The van der Waals surface area contributed by atoms with Gasteiger partial charge in [-0.3, -0.25) is 9.36 Å². The lowest BCUT2D eigenvalue weighted by molar-refractivity contribution is 0.0524. The van der Waals surface area contributed by atoms with E-state index in [1.54, 1.807) is 13.8 Å². The first-order valence-electron chi connectivity index (χ1n) is 8.38. The molecule has 0 amide bonds. The van der Waals surface area contributed by atoms with Crippen molar-refractivity contribution in [3.63, 3.8) is 0 Å². The molecule has 0 unspecified atom stereocenters. The van der Waals surface area contributed by atoms with Crippen molar-refractivity contribution in [1.29, 1.82) is 0 Å². The van der Waals surface area contributed by atoms with Crippen molar-refractivity contribution in [2.75, 3.05) is 12.4 Å². The third-order valence-electron chi connectivity index (χ3n) is 3.85. The Labute approximate surface area is 162 Å². The number of halogens is 3. The molecule has 0 radical (unpaired) electrons. The zero-order valence-electron chi connectivity index (χ0n) is 15.0. The molecule has 9 heteroatoms. The predicted octanol–water partition coefficient (Wildman–Crippen LogP) is 4.09. The van der Waals surface area contributed by atoms with E-state index in [2.05, 4.69) is 4.98 Å². The SMILES string of the molecule is CCOC(=O)c1cn(-c2ccc(F)cc2F)c2nc(SCC)c(F)cc2c1=O. The van der Waals surface area contributed by atoms with E-state index < -0.39 is 34.4 Å². The first-order valence-corrected chi connectivity index (χ1v) is 9.37. The second-order valence-electron chi connectivity index (χ2n) is 5.64. The van der Waals surface area contributed by atoms with Crippen LogP contribution in [0.4, 0.5) is 13.2 Å². The number of carbonyl (C=O) groups excluding carboxylic acids is 1. The summed E-state index contributed by atoms with van der Waals surface area (Å²) in [5.41, 5.74) is -1.40. The molecule has 28 heavy (non-hydrogen) atoms. The van der Waals surface area contributed by atoms with Gasteiger partial charge in [0.1, 0.15) is 27.9 Å². The van der Waals surface area contributed by atoms with Gasteiger partial charge in [-0.2, -0.15) is 0 Å². The van der Waals surface area contributed by atoms with E-state index in [0.717, 1.165) is 40.7 Å². The van der Waals surface area contributed by atoms with Crippen LogP contribution in [0.5, 0.6) is 0 Å². The molecule has 3 aromatic rings. The molecule has 2 heterocycles. The largest absolute Gasteiger partial charge is 0.462 e. The number of nitrogens with zero attached hydrogens (tertiary/aromatic N) is 2. The second kappa shape index (κ2) is 8.05. The average molecular weight is 408 g/mol. The second-order valence-corrected chi connectivity index (χ2v) is 6.89. The Balaban J connectivity index is 2.41. The van der Waals surface area contributed by atoms with Crippen molar-refractivity contribution < 1.29 is 22.7 Å². The summed E-state index contributed by atoms with van der Waals surface area (Å²) >= 11 is 1.10. The van der Waals surface area contributed by atoms with Gasteiger partial charge >= 0.3 is 5.97 Å². The van der Waals surface area contributed by atoms with Crippen LogP contribution in [0.2, 0.25) is 0 Å². The van der Waals surface area contributed by atoms with Crippen molar-refractivity contribution in [3.05, 3.63) is 63.7 Å². The Bertz CT molecular complexity index is 1130. The smallest absolute Gasteiger partial charge is 0.343 e. The lowest BCUT2D eigenvalue weighted by Crippen LogP contribution is -2.21. The number of rotatable bonds is 5. The van der Waals surface area contributed by atoms with E-state index in [4.69, 9.17) is 4.74 Å². The fraction of sp³-hybridized carbons (Fsp3) is 0.211. The molecule has 0 atom stereocenters. The standard InChI is InChI=1S/C19H15F3N2O3S/c1-3-27-19(26)12-9-24(15-6-5-10(20)7-13(15)21)17-11(16(12)25)8-14(22)18(23-17)28-4-2/h5-9H,3-4H2,1-2H3. The Morgan fingerprint density at radius 1 is 1.18 bits per heavy atom. The van der Waals surface area contributed by atoms with E-state index in [0.29, 0.717) is 11.8 Å². The molecule has 3 rings (SSSR count). The number of pyridine rings is 2. The van der Waals surface area contributed by atoms with Crippen molar-refractivity contribution in [2.24, 2.45) is 0 Å². The first-order chi connectivity index (χ1) is 13.4. The van der Waals surface area contributed by atoms with Crippen molar-refractivity contribution in [2.45, 2.75) is 18.9 Å². The van der Waals surface area contributed by atoms with Crippen LogP contribution in [0, 0.1) is 17.5 Å². The van der Waals surface area contributed by atoms with Gasteiger partial charge in [0, 0.05) is 12.3 Å². The molecule has 146 valence electrons. The number of benzene rings is 1. The molecule has 5 nitrogen and oxygen atoms in total. The molecule has 0 N–H and O–H groups in total. The van der Waals surface area contributed by atoms with Crippen molar-refractivity contribution in [3.8, 4) is 5.69 Å². The molecule has 0 fully saturated rings. The van der Waals surface area contributed by atoms with Crippen molar-refractivity contribution >= 4 is 28.8 Å². The van der Waals surface area contributed by atoms with Gasteiger partial charge in [0.2, 0.25) is 5.43 Å². The van der Waals surface area contributed by atoms with Gasteiger partial charge < -0.3 is 4.74 Å². The van der Waals surface area contributed by atoms with Crippen molar-refractivity contribution in [1.82, 2.24) is 9.55 Å². The van der Waals surface area contributed by atoms with Gasteiger partial charge in [-0.05, 0) is 30.9 Å². The molecule has 0 saturated carbocycles. The summed E-state index contributed by atoms with van der Waals surface area (Å²) in [7, 11) is 0. The number of thioether (sulfide) groups is 1. The summed E-state index contributed by atoms with van der Waals surface area (Å²) in [6.07, 6.45) is 1.07. The number of aromatic nitrogens is 2. The Morgan fingerprint density at radius 2 is 1.93 bits per heavy atom. The van der Waals surface area contributed by atoms with Crippen LogP contribution >= 0.6 is 11.8 Å². The van der Waals surface area contributed by atoms with Gasteiger partial charge in [-0.15, -0.1) is 11.8 Å². The predicted molar refractivity (Wildman–Crippen MR) is 99.6 cm³/mol. The molecule has 0 spiro atoms. The molecule has 0 aliphatic heterocycles. The minimum absolute atomic E-state index is 0.0138. The summed E-state index contributed by atoms with van der Waals surface area (Å²) in [6, 6.07) is 3.79. The summed E-state index contributed by atoms with van der Waals surface area (Å²) in [4.78, 5) is 29.0. The monoisotopic (exact) mass is 408 g/mol. The van der Waals surface area contributed by atoms with E-state index >= 15 is 0 Å². The van der Waals surface area contributed by atoms with E-state index in [1.165, 1.54) is 0 Å². The molecular weight excluding hydrogens is 393 g/mol. The molecule has 0 aliphatic carbocycles. The molecule has 0 saturated heterocycles. The zero-order chi connectivity index (χ0) is 20.4. The number of carbonyl (C=O) groups is 1. The molecule has 0 bridgehead atoms. The van der Waals surface area contributed by atoms with Gasteiger partial charge in [0.05, 0.1) is 17.7 Å². The minimum Gasteiger partial charge on any atom is -0.462 e. The highest BCUT2D eigenvalue weighted by molar-refractivity contribution is 7.99. The summed E-state index contributed by atoms with van der Waals surface area (Å²) in [5.74, 6) is -2.87. The first kappa shape index (κ1) is 19.9. The van der Waals surface area contributed by atoms with Gasteiger partial charge in [-0.25, -0.2) is 22.9 Å². The maximum Gasteiger partial charge on any atom is 0.343 e. The maximum absolute atomic E-state index is 14.4. The van der Waals surface area contributed by atoms with Crippen LogP contribution in [0.25, 0.3) is 16.7 Å². The third-order valence-corrected chi connectivity index (χ3v) is 4.69. The summed E-state index contributed by atoms with van der Waals surface area (Å²) < 4.78 is 48.1. The van der Waals surface area contributed by atoms with Crippen LogP contribution < -0.4 is 5.43 Å². The van der Waals surface area contributed by atoms with Crippen LogP contribution in [-0.2, 0) is 4.74 Å². The number of ether oxygens (including phenoxy) is 1. The Kier molecular flexibility index (Phi) is 5.73. The quantitative estimate of drug-likeness (QED) is 0.470. The van der Waals surface area contributed by atoms with E-state index in [9.17, 15) is 22.8 Å². The number of fused-ring (bicyclic) bond motifs is 1. The Hall–Kier alpha value is -2.81. The number of hydrogen-bond acceptors (Lipinski definition) is 5. The van der Waals surface area contributed by atoms with Crippen LogP contribution in [-0.4, -0.2) is 27.9 Å². The fourth-order valence-corrected chi connectivity index (χ4v) is 3.28. The van der Waals surface area contributed by atoms with E-state index in [-0.39, 0.29) is 28.4 Å². The highest BCUT2D eigenvalue weighted by Gasteiger charge is 2.21. The lowest BCUT2D eigenvalue weighted by atomic mass is 10.1. The third kappa shape index (κ3) is 3.62.